The highest BCUT2D eigenvalue weighted by Gasteiger charge is 2.57. The molecule has 4 saturated carbocycles. The van der Waals surface area contributed by atoms with Crippen LogP contribution in [0.1, 0.15) is 49.4 Å². The molecule has 0 spiro atoms. The van der Waals surface area contributed by atoms with Crippen LogP contribution < -0.4 is 10.6 Å². The molecule has 4 aliphatic carbocycles. The number of nitrogens with zero attached hydrogens (tertiary/aromatic N) is 4. The van der Waals surface area contributed by atoms with Crippen molar-refractivity contribution < 1.29 is 27.4 Å². The number of aliphatic hydroxyl groups is 1. The fourth-order valence-corrected chi connectivity index (χ4v) is 5.58. The number of fused-ring (bicyclic) bond motifs is 1. The van der Waals surface area contributed by atoms with Gasteiger partial charge in [-0.1, -0.05) is 0 Å². The number of aliphatic hydroxyl groups excluding tert-OH is 1. The summed E-state index contributed by atoms with van der Waals surface area (Å²) in [6, 6.07) is 2.97. The third-order valence-electron chi connectivity index (χ3n) is 7.34. The SMILES string of the molecule is OC(NC12CC(C1)C2)O[C@@H]1CC[C@H](c2cc(Nc3nccn4nc(CC(F)(F)F)cc34)n[nH]2)[C@H]1F. The van der Waals surface area contributed by atoms with Gasteiger partial charge in [-0.25, -0.2) is 13.9 Å². The van der Waals surface area contributed by atoms with Crippen LogP contribution in [0, 0.1) is 5.92 Å². The summed E-state index contributed by atoms with van der Waals surface area (Å²) in [7, 11) is 0. The van der Waals surface area contributed by atoms with Crippen LogP contribution in [0.2, 0.25) is 0 Å². The Labute approximate surface area is 197 Å². The molecule has 3 aromatic rings. The van der Waals surface area contributed by atoms with Crippen LogP contribution >= 0.6 is 0 Å². The maximum atomic E-state index is 15.2. The number of nitrogens with one attached hydrogen (secondary N) is 3. The van der Waals surface area contributed by atoms with Gasteiger partial charge in [-0.2, -0.15) is 23.4 Å². The van der Waals surface area contributed by atoms with Crippen molar-refractivity contribution in [1.29, 1.82) is 0 Å². The van der Waals surface area contributed by atoms with E-state index in [0.29, 0.717) is 29.9 Å². The van der Waals surface area contributed by atoms with Crippen LogP contribution in [0.4, 0.5) is 29.2 Å². The van der Waals surface area contributed by atoms with Crippen LogP contribution in [0.15, 0.2) is 24.5 Å². The molecule has 0 radical (unpaired) electrons. The molecule has 7 rings (SSSR count). The molecule has 188 valence electrons. The lowest BCUT2D eigenvalue weighted by molar-refractivity contribution is -0.206. The molecule has 4 aliphatic rings. The molecular formula is C22H25F4N7O2. The quantitative estimate of drug-likeness (QED) is 0.280. The van der Waals surface area contributed by atoms with Gasteiger partial charge < -0.3 is 15.2 Å². The van der Waals surface area contributed by atoms with Crippen LogP contribution in [-0.2, 0) is 11.2 Å². The van der Waals surface area contributed by atoms with E-state index in [0.717, 1.165) is 25.2 Å². The number of aromatic amines is 1. The first-order valence-corrected chi connectivity index (χ1v) is 11.6. The minimum absolute atomic E-state index is 0.0300. The molecule has 2 bridgehead atoms. The monoisotopic (exact) mass is 495 g/mol. The summed E-state index contributed by atoms with van der Waals surface area (Å²) < 4.78 is 60.3. The van der Waals surface area contributed by atoms with Crippen molar-refractivity contribution in [2.24, 2.45) is 5.92 Å². The van der Waals surface area contributed by atoms with E-state index in [9.17, 15) is 18.3 Å². The van der Waals surface area contributed by atoms with Gasteiger partial charge in [0, 0.05) is 35.6 Å². The predicted octanol–water partition coefficient (Wildman–Crippen LogP) is 3.32. The number of aromatic nitrogens is 5. The fourth-order valence-electron chi connectivity index (χ4n) is 5.58. The van der Waals surface area contributed by atoms with Gasteiger partial charge in [0.2, 0.25) is 6.41 Å². The molecule has 0 saturated heterocycles. The van der Waals surface area contributed by atoms with E-state index in [1.165, 1.54) is 23.0 Å². The van der Waals surface area contributed by atoms with Crippen molar-refractivity contribution in [2.75, 3.05) is 5.32 Å². The third kappa shape index (κ3) is 4.36. The summed E-state index contributed by atoms with van der Waals surface area (Å²) in [5.41, 5.74) is 0.766. The smallest absolute Gasteiger partial charge is 0.356 e. The van der Waals surface area contributed by atoms with Crippen molar-refractivity contribution in [3.05, 3.63) is 35.9 Å². The number of halogens is 4. The lowest BCUT2D eigenvalue weighted by Crippen LogP contribution is -2.69. The van der Waals surface area contributed by atoms with E-state index in [2.05, 4.69) is 30.9 Å². The van der Waals surface area contributed by atoms with Crippen molar-refractivity contribution in [2.45, 2.75) is 74.8 Å². The average molecular weight is 495 g/mol. The molecule has 1 unspecified atom stereocenters. The Morgan fingerprint density at radius 1 is 1.26 bits per heavy atom. The Morgan fingerprint density at radius 3 is 2.77 bits per heavy atom. The Bertz CT molecular complexity index is 1210. The standard InChI is InChI=1S/C22H25F4N7O2/c23-18-13(1-2-16(18)35-20(34)29-21-7-11(8-21)9-21)14-6-17(31-30-14)28-19-15-5-12(10-22(24,25)26)32-33(15)4-3-27-19/h3-6,11,13,16,18,20,29,34H,1-2,7-10H2,(H2,27,28,30,31)/t11?,13-,16-,18-,20?,21?/m1/s1. The minimum atomic E-state index is -4.37. The topological polar surface area (TPSA) is 112 Å². The van der Waals surface area contributed by atoms with Gasteiger partial charge in [0.05, 0.1) is 18.2 Å². The molecular weight excluding hydrogens is 470 g/mol. The van der Waals surface area contributed by atoms with Crippen molar-refractivity contribution >= 4 is 17.2 Å². The zero-order valence-corrected chi connectivity index (χ0v) is 18.6. The van der Waals surface area contributed by atoms with Gasteiger partial charge in [-0.05, 0) is 44.1 Å². The molecule has 3 aromatic heterocycles. The molecule has 0 aromatic carbocycles. The maximum absolute atomic E-state index is 15.2. The van der Waals surface area contributed by atoms with Crippen LogP contribution in [0.3, 0.4) is 0 Å². The van der Waals surface area contributed by atoms with Gasteiger partial charge in [0.1, 0.15) is 11.7 Å². The lowest BCUT2D eigenvalue weighted by Gasteiger charge is -2.62. The highest BCUT2D eigenvalue weighted by Crippen LogP contribution is 2.57. The molecule has 0 amide bonds. The van der Waals surface area contributed by atoms with Crippen LogP contribution in [-0.4, -0.2) is 60.3 Å². The molecule has 4 N–H and O–H groups in total. The average Bonchev–Trinajstić information content (AvgIpc) is 3.42. The Balaban J connectivity index is 1.10. The number of ether oxygens (including phenoxy) is 1. The molecule has 4 fully saturated rings. The van der Waals surface area contributed by atoms with Gasteiger partial charge in [0.25, 0.3) is 0 Å². The lowest BCUT2D eigenvalue weighted by atomic mass is 9.50. The Kier molecular flexibility index (Phi) is 5.27. The molecule has 13 heteroatoms. The van der Waals surface area contributed by atoms with E-state index >= 15 is 4.39 Å². The first-order chi connectivity index (χ1) is 16.7. The van der Waals surface area contributed by atoms with E-state index in [4.69, 9.17) is 4.74 Å². The van der Waals surface area contributed by atoms with Crippen molar-refractivity contribution in [3.8, 4) is 0 Å². The first-order valence-electron chi connectivity index (χ1n) is 11.6. The zero-order valence-electron chi connectivity index (χ0n) is 18.6. The molecule has 4 atom stereocenters. The number of rotatable bonds is 8. The van der Waals surface area contributed by atoms with Crippen LogP contribution in [0.25, 0.3) is 5.52 Å². The summed E-state index contributed by atoms with van der Waals surface area (Å²) in [5.74, 6) is 0.892. The van der Waals surface area contributed by atoms with Gasteiger partial charge in [-0.3, -0.25) is 10.4 Å². The fraction of sp³-hybridized carbons (Fsp3) is 0.591. The molecule has 9 nitrogen and oxygen atoms in total. The van der Waals surface area contributed by atoms with Gasteiger partial charge >= 0.3 is 6.18 Å². The third-order valence-corrected chi connectivity index (χ3v) is 7.34. The van der Waals surface area contributed by atoms with Gasteiger partial charge in [0.15, 0.2) is 11.6 Å². The molecule has 35 heavy (non-hydrogen) atoms. The van der Waals surface area contributed by atoms with E-state index in [1.807, 2.05) is 0 Å². The first kappa shape index (κ1) is 22.7. The highest BCUT2D eigenvalue weighted by atomic mass is 19.4. The van der Waals surface area contributed by atoms with Crippen LogP contribution in [0.5, 0.6) is 0 Å². The minimum Gasteiger partial charge on any atom is -0.356 e. The predicted molar refractivity (Wildman–Crippen MR) is 116 cm³/mol. The Hall–Kier alpha value is -2.77. The highest BCUT2D eigenvalue weighted by molar-refractivity contribution is 5.72. The van der Waals surface area contributed by atoms with E-state index in [1.54, 1.807) is 6.07 Å². The number of hydrogen-bond acceptors (Lipinski definition) is 7. The number of alkyl halides is 4. The van der Waals surface area contributed by atoms with E-state index in [-0.39, 0.29) is 17.1 Å². The maximum Gasteiger partial charge on any atom is 0.394 e. The number of hydrogen-bond donors (Lipinski definition) is 4. The zero-order chi connectivity index (χ0) is 24.4. The molecule has 0 aliphatic heterocycles. The number of H-pyrrole nitrogens is 1. The largest absolute Gasteiger partial charge is 0.394 e. The second-order valence-corrected chi connectivity index (χ2v) is 9.93. The summed E-state index contributed by atoms with van der Waals surface area (Å²) in [6.45, 7) is 0. The summed E-state index contributed by atoms with van der Waals surface area (Å²) in [4.78, 5) is 4.19. The normalized spacial score (nSPS) is 30.8. The van der Waals surface area contributed by atoms with Gasteiger partial charge in [-0.15, -0.1) is 0 Å². The summed E-state index contributed by atoms with van der Waals surface area (Å²) in [6.07, 6.45) is -1.80. The Morgan fingerprint density at radius 2 is 2.06 bits per heavy atom. The summed E-state index contributed by atoms with van der Waals surface area (Å²) in [5, 5.41) is 27.2. The second kappa shape index (κ2) is 8.14. The molecule has 3 heterocycles. The second-order valence-electron chi connectivity index (χ2n) is 9.93. The van der Waals surface area contributed by atoms with E-state index < -0.39 is 37.2 Å². The summed E-state index contributed by atoms with van der Waals surface area (Å²) >= 11 is 0. The van der Waals surface area contributed by atoms with Crippen molar-refractivity contribution in [3.63, 3.8) is 0 Å². The number of anilines is 2. The van der Waals surface area contributed by atoms with Crippen molar-refractivity contribution in [1.82, 2.24) is 30.1 Å².